The van der Waals surface area contributed by atoms with Crippen molar-refractivity contribution in [3.8, 4) is 17.4 Å². The van der Waals surface area contributed by atoms with E-state index < -0.39 is 5.97 Å². The van der Waals surface area contributed by atoms with E-state index in [2.05, 4.69) is 15.6 Å². The van der Waals surface area contributed by atoms with Gasteiger partial charge in [-0.3, -0.25) is 9.59 Å². The predicted molar refractivity (Wildman–Crippen MR) is 154 cm³/mol. The molecule has 3 N–H and O–H groups in total. The first-order valence-corrected chi connectivity index (χ1v) is 13.8. The maximum Gasteiger partial charge on any atom is 0.337 e. The molecule has 1 aliphatic rings. The summed E-state index contributed by atoms with van der Waals surface area (Å²) in [6, 6.07) is 20.0. The molecule has 11 heteroatoms. The third-order valence-electron chi connectivity index (χ3n) is 6.75. The first-order chi connectivity index (χ1) is 20.3. The van der Waals surface area contributed by atoms with Crippen molar-refractivity contribution in [3.05, 3.63) is 101 Å². The zero-order chi connectivity index (χ0) is 29.5. The minimum absolute atomic E-state index is 0.0231. The molecule has 1 saturated carbocycles. The minimum Gasteiger partial charge on any atom is -0.490 e. The topological polar surface area (TPSA) is 140 Å². The van der Waals surface area contributed by atoms with Gasteiger partial charge in [-0.15, -0.1) is 0 Å². The van der Waals surface area contributed by atoms with E-state index in [0.29, 0.717) is 17.2 Å². The maximum atomic E-state index is 12.4. The van der Waals surface area contributed by atoms with E-state index in [1.54, 1.807) is 54.6 Å². The van der Waals surface area contributed by atoms with Crippen LogP contribution in [0.4, 0.5) is 5.69 Å². The van der Waals surface area contributed by atoms with Crippen LogP contribution in [0.5, 0.6) is 17.4 Å². The Morgan fingerprint density at radius 3 is 2.33 bits per heavy atom. The Bertz CT molecular complexity index is 1550. The van der Waals surface area contributed by atoms with E-state index >= 15 is 0 Å². The first-order valence-electron chi connectivity index (χ1n) is 13.4. The number of furan rings is 1. The van der Waals surface area contributed by atoms with E-state index in [9.17, 15) is 19.5 Å². The number of carbonyl (C=O) groups excluding carboxylic acids is 2. The van der Waals surface area contributed by atoms with Crippen molar-refractivity contribution < 1.29 is 33.4 Å². The molecule has 216 valence electrons. The average molecular weight is 590 g/mol. The van der Waals surface area contributed by atoms with Crippen molar-refractivity contribution in [1.29, 1.82) is 0 Å². The lowest BCUT2D eigenvalue weighted by Gasteiger charge is -2.29. The molecule has 0 atom stereocenters. The average Bonchev–Trinajstić information content (AvgIpc) is 3.43. The van der Waals surface area contributed by atoms with Crippen molar-refractivity contribution in [2.75, 3.05) is 5.32 Å². The minimum atomic E-state index is -1.11. The van der Waals surface area contributed by atoms with E-state index in [1.165, 1.54) is 12.3 Å². The van der Waals surface area contributed by atoms with Crippen LogP contribution in [0.1, 0.15) is 52.2 Å². The van der Waals surface area contributed by atoms with E-state index in [-0.39, 0.29) is 52.6 Å². The molecule has 2 heterocycles. The predicted octanol–water partition coefficient (Wildman–Crippen LogP) is 6.12. The summed E-state index contributed by atoms with van der Waals surface area (Å²) in [6.07, 6.45) is 4.83. The molecule has 10 nitrogen and oxygen atoms in total. The molecular formula is C31H28ClN3O7. The molecular weight excluding hydrogens is 562 g/mol. The molecule has 5 rings (SSSR count). The number of carboxylic acid groups (broad SMARTS) is 1. The van der Waals surface area contributed by atoms with Crippen molar-refractivity contribution in [1.82, 2.24) is 10.3 Å². The molecule has 2 aromatic heterocycles. The summed E-state index contributed by atoms with van der Waals surface area (Å²) in [7, 11) is 0. The third-order valence-corrected chi connectivity index (χ3v) is 6.95. The Kier molecular flexibility index (Phi) is 9.03. The fourth-order valence-corrected chi connectivity index (χ4v) is 4.80. The Labute approximate surface area is 246 Å². The van der Waals surface area contributed by atoms with Crippen LogP contribution in [-0.2, 0) is 11.2 Å². The van der Waals surface area contributed by atoms with Gasteiger partial charge in [0, 0.05) is 18.3 Å². The number of nitrogens with zero attached hydrogens (tertiary/aromatic N) is 1. The van der Waals surface area contributed by atoms with Crippen LogP contribution in [0.25, 0.3) is 0 Å². The highest BCUT2D eigenvalue weighted by Crippen LogP contribution is 2.27. The number of hydrogen-bond acceptors (Lipinski definition) is 7. The van der Waals surface area contributed by atoms with Gasteiger partial charge in [-0.1, -0.05) is 18.2 Å². The van der Waals surface area contributed by atoms with Gasteiger partial charge in [0.2, 0.25) is 11.8 Å². The van der Waals surface area contributed by atoms with Crippen molar-refractivity contribution in [2.24, 2.45) is 0 Å². The van der Waals surface area contributed by atoms with Crippen LogP contribution < -0.4 is 20.1 Å². The lowest BCUT2D eigenvalue weighted by atomic mass is 9.93. The summed E-state index contributed by atoms with van der Waals surface area (Å²) in [6.45, 7) is 0. The van der Waals surface area contributed by atoms with Crippen molar-refractivity contribution >= 4 is 35.1 Å². The summed E-state index contributed by atoms with van der Waals surface area (Å²) < 4.78 is 17.1. The lowest BCUT2D eigenvalue weighted by Crippen LogP contribution is -2.39. The van der Waals surface area contributed by atoms with Crippen molar-refractivity contribution in [3.63, 3.8) is 0 Å². The maximum absolute atomic E-state index is 12.4. The number of benzene rings is 2. The second-order valence-electron chi connectivity index (χ2n) is 9.82. The number of aromatic carboxylic acids is 1. The largest absolute Gasteiger partial charge is 0.490 e. The van der Waals surface area contributed by atoms with Crippen molar-refractivity contribution in [2.45, 2.75) is 44.2 Å². The monoisotopic (exact) mass is 589 g/mol. The lowest BCUT2D eigenvalue weighted by molar-refractivity contribution is -0.115. The van der Waals surface area contributed by atoms with Gasteiger partial charge in [-0.05, 0) is 91.4 Å². The highest BCUT2D eigenvalue weighted by atomic mass is 35.5. The Morgan fingerprint density at radius 2 is 1.67 bits per heavy atom. The smallest absolute Gasteiger partial charge is 0.337 e. The van der Waals surface area contributed by atoms with Gasteiger partial charge >= 0.3 is 5.97 Å². The summed E-state index contributed by atoms with van der Waals surface area (Å²) in [4.78, 5) is 40.3. The van der Waals surface area contributed by atoms with Gasteiger partial charge in [-0.2, -0.15) is 0 Å². The van der Waals surface area contributed by atoms with Crippen LogP contribution in [-0.4, -0.2) is 40.0 Å². The number of para-hydroxylation sites is 1. The highest BCUT2D eigenvalue weighted by molar-refractivity contribution is 6.29. The number of pyridine rings is 1. The fourth-order valence-electron chi connectivity index (χ4n) is 4.65. The number of hydrogen-bond donors (Lipinski definition) is 3. The molecule has 42 heavy (non-hydrogen) atoms. The molecule has 1 fully saturated rings. The number of aromatic nitrogens is 1. The van der Waals surface area contributed by atoms with Gasteiger partial charge in [0.25, 0.3) is 5.91 Å². The zero-order valence-corrected chi connectivity index (χ0v) is 23.2. The molecule has 0 unspecified atom stereocenters. The molecule has 0 saturated heterocycles. The second kappa shape index (κ2) is 13.2. The van der Waals surface area contributed by atoms with Gasteiger partial charge in [0.15, 0.2) is 11.0 Å². The third kappa shape index (κ3) is 7.67. The van der Waals surface area contributed by atoms with E-state index in [0.717, 1.165) is 31.4 Å². The molecule has 0 aliphatic heterocycles. The number of amides is 2. The van der Waals surface area contributed by atoms with Crippen LogP contribution in [0.2, 0.25) is 5.22 Å². The number of carboxylic acids is 1. The number of rotatable bonds is 10. The van der Waals surface area contributed by atoms with Crippen LogP contribution >= 0.6 is 11.6 Å². The number of anilines is 1. The number of halogens is 1. The Morgan fingerprint density at radius 1 is 0.929 bits per heavy atom. The molecule has 1 aliphatic carbocycles. The molecule has 2 aromatic carbocycles. The molecule has 2 amide bonds. The SMILES string of the molecule is O=C(Cc1ccc(Oc2ccc(OC3CCC(NC(=O)c4ccc(Cl)o4)CC3)cc2)nc1)Nc1ccccc1C(=O)O. The first kappa shape index (κ1) is 28.7. The van der Waals surface area contributed by atoms with Gasteiger partial charge < -0.3 is 29.6 Å². The number of carbonyl (C=O) groups is 3. The fraction of sp³-hybridized carbons (Fsp3) is 0.226. The summed E-state index contributed by atoms with van der Waals surface area (Å²) in [5, 5.41) is 15.1. The number of ether oxygens (including phenoxy) is 2. The normalized spacial score (nSPS) is 16.3. The molecule has 4 aromatic rings. The Hall–Kier alpha value is -4.83. The summed E-state index contributed by atoms with van der Waals surface area (Å²) in [5.41, 5.74) is 0.912. The quantitative estimate of drug-likeness (QED) is 0.201. The van der Waals surface area contributed by atoms with Gasteiger partial charge in [0.05, 0.1) is 23.8 Å². The van der Waals surface area contributed by atoms with Crippen LogP contribution in [0.15, 0.2) is 83.4 Å². The number of nitrogens with one attached hydrogen (secondary N) is 2. The van der Waals surface area contributed by atoms with Crippen LogP contribution in [0, 0.1) is 0 Å². The van der Waals surface area contributed by atoms with Gasteiger partial charge in [-0.25, -0.2) is 9.78 Å². The summed E-state index contributed by atoms with van der Waals surface area (Å²) in [5.74, 6) is 0.130. The van der Waals surface area contributed by atoms with E-state index in [4.69, 9.17) is 25.5 Å². The molecule has 0 radical (unpaired) electrons. The summed E-state index contributed by atoms with van der Waals surface area (Å²) >= 11 is 5.75. The Balaban J connectivity index is 1.06. The van der Waals surface area contributed by atoms with E-state index in [1.807, 2.05) is 12.1 Å². The second-order valence-corrected chi connectivity index (χ2v) is 10.2. The van der Waals surface area contributed by atoms with Crippen LogP contribution in [0.3, 0.4) is 0 Å². The zero-order valence-electron chi connectivity index (χ0n) is 22.4. The van der Waals surface area contributed by atoms with Gasteiger partial charge in [0.1, 0.15) is 11.5 Å². The molecule has 0 spiro atoms. The molecule has 0 bridgehead atoms. The standard InChI is InChI=1S/C31H28ClN3O7/c32-27-15-14-26(42-27)30(37)34-20-6-8-21(9-7-20)40-22-10-12-23(13-11-22)41-29-16-5-19(18-33-29)17-28(36)35-25-4-2-1-3-24(25)31(38)39/h1-5,10-16,18,20-21H,6-9,17H2,(H,34,37)(H,35,36)(H,38,39). The highest BCUT2D eigenvalue weighted by Gasteiger charge is 2.25.